The second-order valence-corrected chi connectivity index (χ2v) is 8.39. The Morgan fingerprint density at radius 1 is 0.706 bits per heavy atom. The summed E-state index contributed by atoms with van der Waals surface area (Å²) in [5.41, 5.74) is 1.36. The summed E-state index contributed by atoms with van der Waals surface area (Å²) in [5, 5.41) is -0.0318. The molecule has 34 heavy (non-hydrogen) atoms. The molecule has 4 aromatic carbocycles. The van der Waals surface area contributed by atoms with Gasteiger partial charge < -0.3 is 4.74 Å². The number of rotatable bonds is 4. The molecule has 0 aliphatic heterocycles. The molecule has 0 heterocycles. The zero-order valence-corrected chi connectivity index (χ0v) is 18.8. The summed E-state index contributed by atoms with van der Waals surface area (Å²) < 4.78 is 92.2. The normalized spacial score (nSPS) is 11.8. The first kappa shape index (κ1) is 23.7. The molecule has 0 saturated carbocycles. The molecule has 0 N–H and O–H groups in total. The number of alkyl halides is 2. The van der Waals surface area contributed by atoms with Crippen LogP contribution in [0, 0.1) is 51.0 Å². The van der Waals surface area contributed by atoms with Gasteiger partial charge in [-0.1, -0.05) is 17.7 Å². The molecule has 4 aromatic rings. The number of hydrogen-bond acceptors (Lipinski definition) is 1. The van der Waals surface area contributed by atoms with Gasteiger partial charge in [-0.2, -0.15) is 8.78 Å². The Bertz CT molecular complexity index is 1400. The molecule has 0 amide bonds. The van der Waals surface area contributed by atoms with Crippen LogP contribution in [0.5, 0.6) is 5.75 Å². The summed E-state index contributed by atoms with van der Waals surface area (Å²) in [6.07, 6.45) is -4.39. The van der Waals surface area contributed by atoms with E-state index in [1.165, 1.54) is 6.92 Å². The molecular formula is C27H20F6O. The monoisotopic (exact) mass is 474 g/mol. The van der Waals surface area contributed by atoms with Crippen LogP contribution in [0.15, 0.2) is 48.5 Å². The molecule has 0 aliphatic rings. The van der Waals surface area contributed by atoms with Crippen molar-refractivity contribution in [1.29, 1.82) is 0 Å². The minimum absolute atomic E-state index is 0.000109. The Morgan fingerprint density at radius 3 is 1.88 bits per heavy atom. The molecular weight excluding hydrogens is 454 g/mol. The third-order valence-electron chi connectivity index (χ3n) is 5.77. The van der Waals surface area contributed by atoms with Crippen LogP contribution in [0.3, 0.4) is 0 Å². The van der Waals surface area contributed by atoms with E-state index in [2.05, 4.69) is 4.74 Å². The van der Waals surface area contributed by atoms with Gasteiger partial charge in [-0.3, -0.25) is 0 Å². The molecule has 1 nitrogen and oxygen atoms in total. The average Bonchev–Trinajstić information content (AvgIpc) is 2.70. The van der Waals surface area contributed by atoms with Gasteiger partial charge in [0.1, 0.15) is 34.6 Å². The molecule has 0 bridgehead atoms. The van der Waals surface area contributed by atoms with Crippen LogP contribution in [0.1, 0.15) is 27.8 Å². The maximum atomic E-state index is 14.9. The minimum atomic E-state index is -4.39. The van der Waals surface area contributed by atoms with Gasteiger partial charge in [-0.15, -0.1) is 0 Å². The Kier molecular flexibility index (Phi) is 5.84. The summed E-state index contributed by atoms with van der Waals surface area (Å²) in [6, 6.07) is 9.47. The first-order valence-electron chi connectivity index (χ1n) is 10.4. The van der Waals surface area contributed by atoms with Gasteiger partial charge in [0.2, 0.25) is 0 Å². The van der Waals surface area contributed by atoms with Crippen molar-refractivity contribution in [3.8, 4) is 16.9 Å². The highest BCUT2D eigenvalue weighted by molar-refractivity contribution is 5.85. The highest BCUT2D eigenvalue weighted by Crippen LogP contribution is 2.39. The molecule has 0 fully saturated rings. The third-order valence-corrected chi connectivity index (χ3v) is 5.77. The largest absolute Gasteiger partial charge is 0.432 e. The molecule has 4 rings (SSSR count). The van der Waals surface area contributed by atoms with Crippen LogP contribution in [-0.4, -0.2) is 0 Å². The van der Waals surface area contributed by atoms with Crippen molar-refractivity contribution in [2.45, 2.75) is 33.8 Å². The Labute approximate surface area is 192 Å². The van der Waals surface area contributed by atoms with Crippen molar-refractivity contribution >= 4 is 10.8 Å². The molecule has 0 radical (unpaired) electrons. The summed E-state index contributed by atoms with van der Waals surface area (Å²) in [5.74, 6) is -5.15. The predicted octanol–water partition coefficient (Wildman–Crippen LogP) is 8.43. The van der Waals surface area contributed by atoms with Gasteiger partial charge in [0.05, 0.1) is 0 Å². The number of hydrogen-bond donors (Lipinski definition) is 0. The molecule has 0 aliphatic carbocycles. The first-order chi connectivity index (χ1) is 15.9. The topological polar surface area (TPSA) is 9.23 Å². The minimum Gasteiger partial charge on any atom is -0.429 e. The molecule has 0 spiro atoms. The van der Waals surface area contributed by atoms with E-state index < -0.39 is 40.7 Å². The lowest BCUT2D eigenvalue weighted by molar-refractivity contribution is -0.189. The van der Waals surface area contributed by atoms with E-state index in [0.29, 0.717) is 5.56 Å². The number of halogens is 6. The van der Waals surface area contributed by atoms with E-state index in [4.69, 9.17) is 0 Å². The van der Waals surface area contributed by atoms with Gasteiger partial charge in [0, 0.05) is 10.9 Å². The summed E-state index contributed by atoms with van der Waals surface area (Å²) >= 11 is 0. The molecule has 0 atom stereocenters. The van der Waals surface area contributed by atoms with E-state index >= 15 is 0 Å². The fourth-order valence-corrected chi connectivity index (χ4v) is 4.31. The lowest BCUT2D eigenvalue weighted by atomic mass is 9.93. The summed E-state index contributed by atoms with van der Waals surface area (Å²) in [4.78, 5) is 0. The van der Waals surface area contributed by atoms with E-state index in [1.54, 1.807) is 13.8 Å². The van der Waals surface area contributed by atoms with Crippen molar-refractivity contribution < 1.29 is 31.1 Å². The molecule has 0 saturated heterocycles. The van der Waals surface area contributed by atoms with Crippen molar-refractivity contribution in [2.75, 3.05) is 0 Å². The highest BCUT2D eigenvalue weighted by atomic mass is 19.3. The number of aryl methyl sites for hydroxylation is 3. The Hall–Kier alpha value is -3.48. The van der Waals surface area contributed by atoms with E-state index in [1.807, 2.05) is 19.1 Å². The van der Waals surface area contributed by atoms with E-state index in [0.717, 1.165) is 53.1 Å². The number of benzene rings is 4. The van der Waals surface area contributed by atoms with Crippen molar-refractivity contribution in [3.63, 3.8) is 0 Å². The zero-order chi connectivity index (χ0) is 24.9. The number of ether oxygens (including phenoxy) is 1. The molecule has 0 aromatic heterocycles. The molecule has 0 unspecified atom stereocenters. The fraction of sp³-hybridized carbons (Fsp3) is 0.185. The first-order valence-corrected chi connectivity index (χ1v) is 10.4. The van der Waals surface area contributed by atoms with Crippen LogP contribution >= 0.6 is 0 Å². The maximum Gasteiger partial charge on any atom is 0.432 e. The van der Waals surface area contributed by atoms with Gasteiger partial charge in [0.25, 0.3) is 0 Å². The Balaban J connectivity index is 1.74. The van der Waals surface area contributed by atoms with Gasteiger partial charge in [-0.25, -0.2) is 17.6 Å². The van der Waals surface area contributed by atoms with Crippen molar-refractivity contribution in [1.82, 2.24) is 0 Å². The van der Waals surface area contributed by atoms with Gasteiger partial charge in [-0.05, 0) is 91.7 Å². The van der Waals surface area contributed by atoms with Crippen LogP contribution in [-0.2, 0) is 6.11 Å². The van der Waals surface area contributed by atoms with Crippen LogP contribution in [0.2, 0.25) is 0 Å². The quantitative estimate of drug-likeness (QED) is 0.270. The van der Waals surface area contributed by atoms with Crippen molar-refractivity contribution in [2.24, 2.45) is 0 Å². The predicted molar refractivity (Wildman–Crippen MR) is 119 cm³/mol. The van der Waals surface area contributed by atoms with Crippen molar-refractivity contribution in [3.05, 3.63) is 99.6 Å². The van der Waals surface area contributed by atoms with Crippen LogP contribution in [0.25, 0.3) is 21.9 Å². The van der Waals surface area contributed by atoms with E-state index in [-0.39, 0.29) is 21.9 Å². The highest BCUT2D eigenvalue weighted by Gasteiger charge is 2.41. The fourth-order valence-electron chi connectivity index (χ4n) is 4.31. The SMILES string of the molecule is Cc1cc(C)c(-c2cc(F)c(C(F)(F)Oc3ccc4c(F)c(C)c(F)cc4c3)c(F)c2)c(C)c1. The lowest BCUT2D eigenvalue weighted by Crippen LogP contribution is -2.25. The lowest BCUT2D eigenvalue weighted by Gasteiger charge is -2.21. The average molecular weight is 474 g/mol. The third kappa shape index (κ3) is 4.11. The second-order valence-electron chi connectivity index (χ2n) is 8.39. The maximum absolute atomic E-state index is 14.9. The van der Waals surface area contributed by atoms with Crippen LogP contribution < -0.4 is 4.74 Å². The number of fused-ring (bicyclic) bond motifs is 1. The van der Waals surface area contributed by atoms with Gasteiger partial charge >= 0.3 is 6.11 Å². The van der Waals surface area contributed by atoms with E-state index in [9.17, 15) is 26.3 Å². The van der Waals surface area contributed by atoms with Crippen LogP contribution in [0.4, 0.5) is 26.3 Å². The smallest absolute Gasteiger partial charge is 0.429 e. The standard InChI is InChI=1S/C27H20F6O/c1-13-7-14(2)24(15(3)8-13)18-11-22(29)25(23(30)12-18)27(32,33)34-19-5-6-20-17(9-19)10-21(28)16(4)26(20)31/h5-12H,1-4H3. The van der Waals surface area contributed by atoms with Gasteiger partial charge in [0.15, 0.2) is 0 Å². The zero-order valence-electron chi connectivity index (χ0n) is 18.8. The second kappa shape index (κ2) is 8.38. The molecule has 7 heteroatoms. The Morgan fingerprint density at radius 2 is 1.29 bits per heavy atom. The summed E-state index contributed by atoms with van der Waals surface area (Å²) in [7, 11) is 0. The molecule has 176 valence electrons. The summed E-state index contributed by atoms with van der Waals surface area (Å²) in [6.45, 7) is 6.66.